The maximum Gasteiger partial charge on any atom is 0.205 e. The third-order valence-corrected chi connectivity index (χ3v) is 5.83. The fourth-order valence-electron chi connectivity index (χ4n) is 2.62. The summed E-state index contributed by atoms with van der Waals surface area (Å²) in [6.45, 7) is 1.80. The molecule has 1 aliphatic carbocycles. The Bertz CT molecular complexity index is 668. The van der Waals surface area contributed by atoms with E-state index in [4.69, 9.17) is 16.6 Å². The Labute approximate surface area is 135 Å². The van der Waals surface area contributed by atoms with E-state index in [1.165, 1.54) is 35.5 Å². The first-order valence-electron chi connectivity index (χ1n) is 6.76. The van der Waals surface area contributed by atoms with Crippen LogP contribution in [0.15, 0.2) is 16.6 Å². The van der Waals surface area contributed by atoms with Crippen molar-refractivity contribution in [3.8, 4) is 0 Å². The molecule has 20 heavy (non-hydrogen) atoms. The molecule has 0 amide bonds. The lowest BCUT2D eigenvalue weighted by molar-refractivity contribution is 0.724. The fourth-order valence-corrected chi connectivity index (χ4v) is 4.20. The Balaban J connectivity index is 1.63. The Hall–Kier alpha value is -0.650. The van der Waals surface area contributed by atoms with Gasteiger partial charge in [0, 0.05) is 40.0 Å². The third kappa shape index (κ3) is 2.26. The van der Waals surface area contributed by atoms with E-state index in [2.05, 4.69) is 25.2 Å². The molecule has 1 aliphatic heterocycles. The lowest BCUT2D eigenvalue weighted by Crippen LogP contribution is -2.30. The summed E-state index contributed by atoms with van der Waals surface area (Å²) in [4.78, 5) is 7.00. The first-order chi connectivity index (χ1) is 9.72. The van der Waals surface area contributed by atoms with Gasteiger partial charge in [0.25, 0.3) is 0 Å². The molecule has 4 rings (SSSR count). The summed E-state index contributed by atoms with van der Waals surface area (Å²) < 4.78 is 5.66. The van der Waals surface area contributed by atoms with Crippen LogP contribution in [0, 0.1) is 0 Å². The van der Waals surface area contributed by atoms with Crippen molar-refractivity contribution in [3.63, 3.8) is 0 Å². The Morgan fingerprint density at radius 1 is 1.30 bits per heavy atom. The van der Waals surface area contributed by atoms with E-state index in [1.54, 1.807) is 0 Å². The molecule has 0 saturated heterocycles. The van der Waals surface area contributed by atoms with Crippen LogP contribution in [0.2, 0.25) is 5.02 Å². The molecule has 0 N–H and O–H groups in total. The van der Waals surface area contributed by atoms with Crippen molar-refractivity contribution in [1.29, 1.82) is 0 Å². The second-order valence-corrected chi connectivity index (χ2v) is 7.36. The zero-order valence-electron chi connectivity index (χ0n) is 10.8. The highest BCUT2D eigenvalue weighted by molar-refractivity contribution is 9.10. The molecule has 0 spiro atoms. The van der Waals surface area contributed by atoms with Crippen molar-refractivity contribution in [2.24, 2.45) is 0 Å². The largest absolute Gasteiger partial charge is 0.342 e. The zero-order chi connectivity index (χ0) is 13.7. The average Bonchev–Trinajstić information content (AvgIpc) is 3.20. The Morgan fingerprint density at radius 2 is 2.15 bits per heavy atom. The molecule has 2 heterocycles. The standard InChI is InChI=1S/C14H13BrClN3S/c15-11-3-4-12(16)10-7-19(6-5-9(10)11)14-17-13(18-20-14)8-1-2-8/h3-4,8H,1-2,5-7H2. The quantitative estimate of drug-likeness (QED) is 0.785. The molecule has 0 bridgehead atoms. The van der Waals surface area contributed by atoms with Crippen LogP contribution >= 0.6 is 39.1 Å². The molecule has 1 aromatic heterocycles. The zero-order valence-corrected chi connectivity index (χ0v) is 13.9. The average molecular weight is 371 g/mol. The van der Waals surface area contributed by atoms with Crippen LogP contribution in [0.25, 0.3) is 0 Å². The second-order valence-electron chi connectivity index (χ2n) is 5.37. The van der Waals surface area contributed by atoms with Crippen LogP contribution in [0.3, 0.4) is 0 Å². The summed E-state index contributed by atoms with van der Waals surface area (Å²) in [5.74, 6) is 1.66. The topological polar surface area (TPSA) is 29.0 Å². The number of benzene rings is 1. The van der Waals surface area contributed by atoms with Gasteiger partial charge in [-0.3, -0.25) is 0 Å². The van der Waals surface area contributed by atoms with Crippen molar-refractivity contribution < 1.29 is 0 Å². The maximum atomic E-state index is 6.35. The molecule has 6 heteroatoms. The lowest BCUT2D eigenvalue weighted by atomic mass is 10.0. The molecule has 104 valence electrons. The molecule has 2 aromatic rings. The van der Waals surface area contributed by atoms with E-state index in [0.717, 1.165) is 40.0 Å². The third-order valence-electron chi connectivity index (χ3n) is 3.94. The number of halogens is 2. The minimum Gasteiger partial charge on any atom is -0.342 e. The van der Waals surface area contributed by atoms with E-state index < -0.39 is 0 Å². The number of anilines is 1. The molecule has 2 aliphatic rings. The van der Waals surface area contributed by atoms with E-state index in [9.17, 15) is 0 Å². The van der Waals surface area contributed by atoms with Gasteiger partial charge in [-0.05, 0) is 42.5 Å². The molecule has 1 aromatic carbocycles. The number of hydrogen-bond acceptors (Lipinski definition) is 4. The summed E-state index contributed by atoms with van der Waals surface area (Å²) in [5, 5.41) is 1.88. The van der Waals surface area contributed by atoms with Crippen LogP contribution in [0.1, 0.15) is 35.7 Å². The number of aromatic nitrogens is 2. The first-order valence-corrected chi connectivity index (χ1v) is 8.71. The van der Waals surface area contributed by atoms with Gasteiger partial charge in [0.1, 0.15) is 5.82 Å². The van der Waals surface area contributed by atoms with Gasteiger partial charge in [-0.15, -0.1) is 0 Å². The smallest absolute Gasteiger partial charge is 0.205 e. The fraction of sp³-hybridized carbons (Fsp3) is 0.429. The van der Waals surface area contributed by atoms with Crippen molar-refractivity contribution in [2.75, 3.05) is 11.4 Å². The number of rotatable bonds is 2. The van der Waals surface area contributed by atoms with Crippen LogP contribution < -0.4 is 4.90 Å². The molecule has 1 fully saturated rings. The summed E-state index contributed by atoms with van der Waals surface area (Å²) in [6, 6.07) is 4.00. The monoisotopic (exact) mass is 369 g/mol. The van der Waals surface area contributed by atoms with E-state index in [-0.39, 0.29) is 0 Å². The predicted molar refractivity (Wildman–Crippen MR) is 85.8 cm³/mol. The summed E-state index contributed by atoms with van der Waals surface area (Å²) >= 11 is 11.5. The van der Waals surface area contributed by atoms with Gasteiger partial charge in [-0.2, -0.15) is 4.37 Å². The predicted octanol–water partition coefficient (Wildman–Crippen LogP) is 4.39. The minimum absolute atomic E-state index is 0.620. The molecular formula is C14H13BrClN3S. The van der Waals surface area contributed by atoms with Gasteiger partial charge in [-0.25, -0.2) is 4.98 Å². The molecule has 1 saturated carbocycles. The Morgan fingerprint density at radius 3 is 2.95 bits per heavy atom. The first kappa shape index (κ1) is 13.0. The maximum absolute atomic E-state index is 6.35. The molecule has 0 atom stereocenters. The highest BCUT2D eigenvalue weighted by Gasteiger charge is 2.29. The number of fused-ring (bicyclic) bond motifs is 1. The summed E-state index contributed by atoms with van der Waals surface area (Å²) in [5.41, 5.74) is 2.55. The van der Waals surface area contributed by atoms with Gasteiger partial charge >= 0.3 is 0 Å². The van der Waals surface area contributed by atoms with Crippen molar-refractivity contribution in [2.45, 2.75) is 31.7 Å². The van der Waals surface area contributed by atoms with E-state index in [1.807, 2.05) is 12.1 Å². The van der Waals surface area contributed by atoms with Crippen LogP contribution in [0.5, 0.6) is 0 Å². The molecule has 3 nitrogen and oxygen atoms in total. The second kappa shape index (κ2) is 4.97. The van der Waals surface area contributed by atoms with Gasteiger partial charge < -0.3 is 4.90 Å². The summed E-state index contributed by atoms with van der Waals surface area (Å²) in [6.07, 6.45) is 3.49. The Kier molecular flexibility index (Phi) is 3.24. The van der Waals surface area contributed by atoms with Crippen molar-refractivity contribution in [3.05, 3.63) is 38.6 Å². The lowest BCUT2D eigenvalue weighted by Gasteiger charge is -2.29. The van der Waals surface area contributed by atoms with Gasteiger partial charge in [-0.1, -0.05) is 27.5 Å². The van der Waals surface area contributed by atoms with Gasteiger partial charge in [0.05, 0.1) is 0 Å². The van der Waals surface area contributed by atoms with Crippen molar-refractivity contribution in [1.82, 2.24) is 9.36 Å². The van der Waals surface area contributed by atoms with Crippen LogP contribution in [0.4, 0.5) is 5.13 Å². The van der Waals surface area contributed by atoms with E-state index >= 15 is 0 Å². The van der Waals surface area contributed by atoms with E-state index in [0.29, 0.717) is 5.92 Å². The molecular weight excluding hydrogens is 358 g/mol. The summed E-state index contributed by atoms with van der Waals surface area (Å²) in [7, 11) is 0. The van der Waals surface area contributed by atoms with Gasteiger partial charge in [0.15, 0.2) is 0 Å². The molecule has 0 radical (unpaired) electrons. The molecule has 0 unspecified atom stereocenters. The van der Waals surface area contributed by atoms with Gasteiger partial charge in [0.2, 0.25) is 5.13 Å². The normalized spacial score (nSPS) is 18.2. The highest BCUT2D eigenvalue weighted by Crippen LogP contribution is 2.40. The van der Waals surface area contributed by atoms with Crippen LogP contribution in [-0.2, 0) is 13.0 Å². The minimum atomic E-state index is 0.620. The number of hydrogen-bond donors (Lipinski definition) is 0. The SMILES string of the molecule is Clc1ccc(Br)c2c1CN(c1nc(C3CC3)ns1)CC2. The number of nitrogens with zero attached hydrogens (tertiary/aromatic N) is 3. The highest BCUT2D eigenvalue weighted by atomic mass is 79.9. The van der Waals surface area contributed by atoms with Crippen molar-refractivity contribution >= 4 is 44.2 Å². The van der Waals surface area contributed by atoms with Crippen LogP contribution in [-0.4, -0.2) is 15.9 Å².